The largest absolute Gasteiger partial charge is 0.398 e. The van der Waals surface area contributed by atoms with Crippen LogP contribution in [0.3, 0.4) is 0 Å². The highest BCUT2D eigenvalue weighted by atomic mass is 16.3. The van der Waals surface area contributed by atoms with Crippen molar-refractivity contribution in [2.45, 2.75) is 19.4 Å². The van der Waals surface area contributed by atoms with Gasteiger partial charge in [0, 0.05) is 24.5 Å². The van der Waals surface area contributed by atoms with E-state index < -0.39 is 0 Å². The molecule has 2 atom stereocenters. The molecule has 90 valence electrons. The van der Waals surface area contributed by atoms with Crippen LogP contribution in [0, 0.1) is 17.2 Å². The minimum absolute atomic E-state index is 0.213. The van der Waals surface area contributed by atoms with Crippen LogP contribution in [0.15, 0.2) is 18.2 Å². The van der Waals surface area contributed by atoms with Crippen LogP contribution in [-0.2, 0) is 0 Å². The molecule has 1 aromatic carbocycles. The first-order valence-electron chi connectivity index (χ1n) is 5.84. The fourth-order valence-electron chi connectivity index (χ4n) is 2.21. The lowest BCUT2D eigenvalue weighted by molar-refractivity contribution is 0.0971. The summed E-state index contributed by atoms with van der Waals surface area (Å²) in [5.41, 5.74) is 7.74. The minimum Gasteiger partial charge on any atom is -0.398 e. The van der Waals surface area contributed by atoms with Crippen molar-refractivity contribution >= 4 is 11.4 Å². The Hall–Kier alpha value is -1.73. The van der Waals surface area contributed by atoms with E-state index in [4.69, 9.17) is 11.0 Å². The van der Waals surface area contributed by atoms with Gasteiger partial charge in [0.1, 0.15) is 6.07 Å². The number of anilines is 2. The van der Waals surface area contributed by atoms with E-state index in [0.29, 0.717) is 11.3 Å². The van der Waals surface area contributed by atoms with E-state index >= 15 is 0 Å². The third-order valence-electron chi connectivity index (χ3n) is 3.38. The van der Waals surface area contributed by atoms with Crippen LogP contribution in [0.5, 0.6) is 0 Å². The number of piperidine rings is 1. The van der Waals surface area contributed by atoms with Crippen molar-refractivity contribution in [3.8, 4) is 6.07 Å². The van der Waals surface area contributed by atoms with E-state index in [1.165, 1.54) is 0 Å². The van der Waals surface area contributed by atoms with Crippen molar-refractivity contribution in [1.29, 1.82) is 5.26 Å². The molecule has 2 rings (SSSR count). The summed E-state index contributed by atoms with van der Waals surface area (Å²) >= 11 is 0. The van der Waals surface area contributed by atoms with Crippen molar-refractivity contribution < 1.29 is 5.11 Å². The first-order valence-corrected chi connectivity index (χ1v) is 5.84. The van der Waals surface area contributed by atoms with Crippen LogP contribution in [0.1, 0.15) is 18.9 Å². The Morgan fingerprint density at radius 2 is 2.29 bits per heavy atom. The van der Waals surface area contributed by atoms with Crippen molar-refractivity contribution in [3.05, 3.63) is 23.8 Å². The van der Waals surface area contributed by atoms with Gasteiger partial charge in [-0.05, 0) is 30.5 Å². The fourth-order valence-corrected chi connectivity index (χ4v) is 2.21. The number of nitriles is 1. The Labute approximate surface area is 101 Å². The predicted molar refractivity (Wildman–Crippen MR) is 67.6 cm³/mol. The number of nitrogen functional groups attached to an aromatic ring is 1. The van der Waals surface area contributed by atoms with Gasteiger partial charge < -0.3 is 15.7 Å². The molecule has 0 aromatic heterocycles. The van der Waals surface area contributed by atoms with Crippen molar-refractivity contribution in [3.63, 3.8) is 0 Å². The van der Waals surface area contributed by atoms with Gasteiger partial charge in [-0.25, -0.2) is 0 Å². The molecule has 0 aliphatic carbocycles. The van der Waals surface area contributed by atoms with Gasteiger partial charge in [-0.3, -0.25) is 0 Å². The Morgan fingerprint density at radius 1 is 1.53 bits per heavy atom. The normalized spacial score (nSPS) is 24.4. The average molecular weight is 231 g/mol. The van der Waals surface area contributed by atoms with Crippen LogP contribution in [0.2, 0.25) is 0 Å². The molecule has 1 saturated heterocycles. The topological polar surface area (TPSA) is 73.3 Å². The number of nitrogens with two attached hydrogens (primary N) is 1. The standard InChI is InChI=1S/C13H17N3O/c1-9-8-16(5-4-13(9)17)11-2-3-12(15)10(6-11)7-14/h2-3,6,9,13,17H,4-5,8,15H2,1H3. The summed E-state index contributed by atoms with van der Waals surface area (Å²) in [6, 6.07) is 7.61. The summed E-state index contributed by atoms with van der Waals surface area (Å²) in [7, 11) is 0. The summed E-state index contributed by atoms with van der Waals surface area (Å²) in [5, 5.41) is 18.6. The lowest BCUT2D eigenvalue weighted by Crippen LogP contribution is -2.41. The zero-order valence-corrected chi connectivity index (χ0v) is 9.93. The van der Waals surface area contributed by atoms with Gasteiger partial charge in [-0.2, -0.15) is 5.26 Å². The summed E-state index contributed by atoms with van der Waals surface area (Å²) in [4.78, 5) is 2.19. The number of hydrogen-bond donors (Lipinski definition) is 2. The quantitative estimate of drug-likeness (QED) is 0.715. The first kappa shape index (κ1) is 11.7. The van der Waals surface area contributed by atoms with Crippen molar-refractivity contribution in [1.82, 2.24) is 0 Å². The molecule has 1 fully saturated rings. The second-order valence-corrected chi connectivity index (χ2v) is 4.66. The Kier molecular flexibility index (Phi) is 3.21. The molecule has 1 heterocycles. The molecule has 2 unspecified atom stereocenters. The van der Waals surface area contributed by atoms with E-state index in [1.807, 2.05) is 19.1 Å². The van der Waals surface area contributed by atoms with Crippen molar-refractivity contribution in [2.75, 3.05) is 23.7 Å². The highest BCUT2D eigenvalue weighted by Crippen LogP contribution is 2.25. The molecular weight excluding hydrogens is 214 g/mol. The molecule has 4 nitrogen and oxygen atoms in total. The van der Waals surface area contributed by atoms with E-state index in [1.54, 1.807) is 6.07 Å². The summed E-state index contributed by atoms with van der Waals surface area (Å²) in [6.07, 6.45) is 0.559. The molecule has 1 aliphatic heterocycles. The van der Waals surface area contributed by atoms with Gasteiger partial charge in [0.05, 0.1) is 11.7 Å². The average Bonchev–Trinajstić information content (AvgIpc) is 2.33. The third-order valence-corrected chi connectivity index (χ3v) is 3.38. The number of aliphatic hydroxyl groups is 1. The number of nitrogens with zero attached hydrogens (tertiary/aromatic N) is 2. The lowest BCUT2D eigenvalue weighted by Gasteiger charge is -2.36. The second-order valence-electron chi connectivity index (χ2n) is 4.66. The molecule has 0 bridgehead atoms. The summed E-state index contributed by atoms with van der Waals surface area (Å²) in [5.74, 6) is 0.256. The molecule has 1 aliphatic rings. The minimum atomic E-state index is -0.213. The Balaban J connectivity index is 2.21. The predicted octanol–water partition coefficient (Wildman–Crippen LogP) is 1.35. The zero-order valence-electron chi connectivity index (χ0n) is 9.93. The maximum absolute atomic E-state index is 9.69. The second kappa shape index (κ2) is 4.64. The first-order chi connectivity index (χ1) is 8.11. The molecule has 0 radical (unpaired) electrons. The molecular formula is C13H17N3O. The van der Waals surface area contributed by atoms with Crippen LogP contribution in [-0.4, -0.2) is 24.3 Å². The molecule has 1 aromatic rings. The van der Waals surface area contributed by atoms with E-state index in [-0.39, 0.29) is 12.0 Å². The van der Waals surface area contributed by atoms with Gasteiger partial charge in [-0.1, -0.05) is 6.92 Å². The van der Waals surface area contributed by atoms with E-state index in [2.05, 4.69) is 11.0 Å². The van der Waals surface area contributed by atoms with Gasteiger partial charge >= 0.3 is 0 Å². The van der Waals surface area contributed by atoms with Gasteiger partial charge in [-0.15, -0.1) is 0 Å². The molecule has 0 spiro atoms. The Morgan fingerprint density at radius 3 is 2.94 bits per heavy atom. The number of aliphatic hydroxyl groups excluding tert-OH is 1. The Bertz CT molecular complexity index is 452. The van der Waals surface area contributed by atoms with Crippen LogP contribution < -0.4 is 10.6 Å². The smallest absolute Gasteiger partial charge is 0.101 e. The molecule has 0 amide bonds. The maximum atomic E-state index is 9.69. The maximum Gasteiger partial charge on any atom is 0.101 e. The van der Waals surface area contributed by atoms with E-state index in [9.17, 15) is 5.11 Å². The van der Waals surface area contributed by atoms with Gasteiger partial charge in [0.15, 0.2) is 0 Å². The summed E-state index contributed by atoms with van der Waals surface area (Å²) in [6.45, 7) is 3.68. The van der Waals surface area contributed by atoms with Crippen LogP contribution >= 0.6 is 0 Å². The monoisotopic (exact) mass is 231 g/mol. The zero-order chi connectivity index (χ0) is 12.4. The fraction of sp³-hybridized carbons (Fsp3) is 0.462. The highest BCUT2D eigenvalue weighted by Gasteiger charge is 2.24. The number of rotatable bonds is 1. The lowest BCUT2D eigenvalue weighted by atomic mass is 9.96. The number of hydrogen-bond acceptors (Lipinski definition) is 4. The SMILES string of the molecule is CC1CN(c2ccc(N)c(C#N)c2)CCC1O. The highest BCUT2D eigenvalue weighted by molar-refractivity contribution is 5.62. The van der Waals surface area contributed by atoms with Crippen LogP contribution in [0.4, 0.5) is 11.4 Å². The molecule has 17 heavy (non-hydrogen) atoms. The number of benzene rings is 1. The van der Waals surface area contributed by atoms with E-state index in [0.717, 1.165) is 25.2 Å². The van der Waals surface area contributed by atoms with Gasteiger partial charge in [0.25, 0.3) is 0 Å². The van der Waals surface area contributed by atoms with Crippen LogP contribution in [0.25, 0.3) is 0 Å². The van der Waals surface area contributed by atoms with Gasteiger partial charge in [0.2, 0.25) is 0 Å². The van der Waals surface area contributed by atoms with Crippen molar-refractivity contribution in [2.24, 2.45) is 5.92 Å². The third kappa shape index (κ3) is 2.34. The molecule has 0 saturated carbocycles. The molecule has 4 heteroatoms. The molecule has 3 N–H and O–H groups in total. The summed E-state index contributed by atoms with van der Waals surface area (Å²) < 4.78 is 0.